The third-order valence-electron chi connectivity index (χ3n) is 3.87. The lowest BCUT2D eigenvalue weighted by Gasteiger charge is -2.30. The Kier molecular flexibility index (Phi) is 4.71. The van der Waals surface area contributed by atoms with Crippen molar-refractivity contribution in [1.82, 2.24) is 15.4 Å². The van der Waals surface area contributed by atoms with Crippen molar-refractivity contribution in [3.63, 3.8) is 0 Å². The van der Waals surface area contributed by atoms with Crippen LogP contribution in [0.4, 0.5) is 0 Å². The number of carbonyl (C=O) groups is 2. The van der Waals surface area contributed by atoms with Gasteiger partial charge in [0.2, 0.25) is 11.7 Å². The van der Waals surface area contributed by atoms with Gasteiger partial charge < -0.3 is 14.7 Å². The van der Waals surface area contributed by atoms with Crippen molar-refractivity contribution in [2.24, 2.45) is 0 Å². The predicted octanol–water partition coefficient (Wildman–Crippen LogP) is 2.08. The highest BCUT2D eigenvalue weighted by Crippen LogP contribution is 2.18. The van der Waals surface area contributed by atoms with Crippen LogP contribution in [0.5, 0.6) is 0 Å². The molecule has 3 rings (SSSR count). The molecule has 1 N–H and O–H groups in total. The van der Waals surface area contributed by atoms with Gasteiger partial charge in [-0.15, -0.1) is 0 Å². The summed E-state index contributed by atoms with van der Waals surface area (Å²) in [5.74, 6) is 0.0329. The van der Waals surface area contributed by atoms with Crippen LogP contribution in [-0.2, 0) is 4.79 Å². The summed E-state index contributed by atoms with van der Waals surface area (Å²) in [6.07, 6.45) is 2.18. The summed E-state index contributed by atoms with van der Waals surface area (Å²) in [5, 5.41) is 6.66. The maximum atomic E-state index is 12.0. The van der Waals surface area contributed by atoms with Crippen LogP contribution in [0, 0.1) is 0 Å². The zero-order valence-electron chi connectivity index (χ0n) is 12.8. The van der Waals surface area contributed by atoms with Gasteiger partial charge in [-0.05, 0) is 12.8 Å². The molecule has 2 heterocycles. The Balaban J connectivity index is 1.45. The maximum Gasteiger partial charge on any atom is 0.289 e. The predicted molar refractivity (Wildman–Crippen MR) is 84.7 cm³/mol. The first-order valence-corrected chi connectivity index (χ1v) is 7.82. The normalized spacial score (nSPS) is 13.5. The van der Waals surface area contributed by atoms with Gasteiger partial charge in [-0.2, -0.15) is 0 Å². The molecule has 6 heteroatoms. The summed E-state index contributed by atoms with van der Waals surface area (Å²) in [5.41, 5.74) is 1.53. The molecule has 2 amide bonds. The molecule has 6 nitrogen and oxygen atoms in total. The van der Waals surface area contributed by atoms with E-state index in [1.165, 1.54) is 0 Å². The lowest BCUT2D eigenvalue weighted by atomic mass is 10.1. The number of carbonyl (C=O) groups excluding carboxylic acids is 2. The van der Waals surface area contributed by atoms with E-state index >= 15 is 0 Å². The lowest BCUT2D eigenvalue weighted by Crippen LogP contribution is -2.42. The minimum atomic E-state index is -0.309. The van der Waals surface area contributed by atoms with E-state index in [2.05, 4.69) is 10.5 Å². The van der Waals surface area contributed by atoms with Crippen LogP contribution in [0.3, 0.4) is 0 Å². The van der Waals surface area contributed by atoms with Crippen LogP contribution in [-0.4, -0.2) is 41.5 Å². The molecule has 1 aliphatic heterocycles. The number of rotatable bonds is 6. The van der Waals surface area contributed by atoms with Gasteiger partial charge in [-0.25, -0.2) is 0 Å². The molecule has 0 aliphatic carbocycles. The Bertz CT molecular complexity index is 677. The number of aromatic nitrogens is 1. The fourth-order valence-corrected chi connectivity index (χ4v) is 2.38. The molecule has 2 aromatic rings. The van der Waals surface area contributed by atoms with Crippen LogP contribution in [0.2, 0.25) is 0 Å². The second-order valence-electron chi connectivity index (χ2n) is 5.54. The molecule has 1 aromatic heterocycles. The number of hydrogen-bond acceptors (Lipinski definition) is 4. The number of benzene rings is 1. The van der Waals surface area contributed by atoms with Crippen molar-refractivity contribution in [1.29, 1.82) is 0 Å². The highest BCUT2D eigenvalue weighted by molar-refractivity contribution is 5.92. The number of nitrogens with zero attached hydrogens (tertiary/aromatic N) is 2. The van der Waals surface area contributed by atoms with Crippen molar-refractivity contribution in [2.45, 2.75) is 19.3 Å². The molecule has 1 fully saturated rings. The number of nitrogens with one attached hydrogen (secondary N) is 1. The van der Waals surface area contributed by atoms with E-state index in [0.29, 0.717) is 25.1 Å². The van der Waals surface area contributed by atoms with Gasteiger partial charge in [-0.3, -0.25) is 9.59 Å². The summed E-state index contributed by atoms with van der Waals surface area (Å²) >= 11 is 0. The van der Waals surface area contributed by atoms with Gasteiger partial charge in [0, 0.05) is 37.7 Å². The van der Waals surface area contributed by atoms with E-state index in [1.807, 2.05) is 35.2 Å². The quantitative estimate of drug-likeness (QED) is 0.829. The molecule has 0 bridgehead atoms. The molecular formula is C17H19N3O3. The summed E-state index contributed by atoms with van der Waals surface area (Å²) in [7, 11) is 0. The summed E-state index contributed by atoms with van der Waals surface area (Å²) in [6.45, 7) is 2.18. The number of hydrogen-bond donors (Lipinski definition) is 1. The van der Waals surface area contributed by atoms with Gasteiger partial charge >= 0.3 is 0 Å². The van der Waals surface area contributed by atoms with Gasteiger partial charge in [0.15, 0.2) is 0 Å². The Morgan fingerprint density at radius 3 is 2.70 bits per heavy atom. The third kappa shape index (κ3) is 3.77. The molecule has 0 atom stereocenters. The molecule has 23 heavy (non-hydrogen) atoms. The second-order valence-corrected chi connectivity index (χ2v) is 5.54. The zero-order valence-corrected chi connectivity index (χ0v) is 12.8. The van der Waals surface area contributed by atoms with E-state index in [-0.39, 0.29) is 17.6 Å². The molecule has 1 aliphatic rings. The highest BCUT2D eigenvalue weighted by Gasteiger charge is 2.19. The fourth-order valence-electron chi connectivity index (χ4n) is 2.38. The number of amides is 2. The summed E-state index contributed by atoms with van der Waals surface area (Å²) < 4.78 is 5.09. The Morgan fingerprint density at radius 2 is 2.00 bits per heavy atom. The largest absolute Gasteiger partial charge is 0.350 e. The maximum absolute atomic E-state index is 12.0. The Morgan fingerprint density at radius 1 is 1.22 bits per heavy atom. The van der Waals surface area contributed by atoms with Crippen LogP contribution in [0.15, 0.2) is 40.9 Å². The lowest BCUT2D eigenvalue weighted by molar-refractivity contribution is -0.134. The molecule has 0 saturated carbocycles. The SMILES string of the molecule is O=C(NCCCC(=O)N1CCC1)c1cc(-c2ccccc2)no1. The molecule has 1 aromatic carbocycles. The van der Waals surface area contributed by atoms with Crippen LogP contribution >= 0.6 is 0 Å². The van der Waals surface area contributed by atoms with Gasteiger partial charge in [-0.1, -0.05) is 35.5 Å². The average molecular weight is 313 g/mol. The highest BCUT2D eigenvalue weighted by atomic mass is 16.5. The van der Waals surface area contributed by atoms with Crippen LogP contribution < -0.4 is 5.32 Å². The fraction of sp³-hybridized carbons (Fsp3) is 0.353. The second kappa shape index (κ2) is 7.09. The average Bonchev–Trinajstić information content (AvgIpc) is 3.00. The van der Waals surface area contributed by atoms with Gasteiger partial charge in [0.25, 0.3) is 5.91 Å². The molecule has 0 spiro atoms. The minimum Gasteiger partial charge on any atom is -0.350 e. The van der Waals surface area contributed by atoms with Crippen molar-refractivity contribution < 1.29 is 14.1 Å². The standard InChI is InChI=1S/C17H19N3O3/c21-16(20-10-5-11-20)8-4-9-18-17(22)15-12-14(19-23-15)13-6-2-1-3-7-13/h1-3,6-7,12H,4-5,8-11H2,(H,18,22). The monoisotopic (exact) mass is 313 g/mol. The Labute approximate surface area is 134 Å². The van der Waals surface area contributed by atoms with Crippen LogP contribution in [0.1, 0.15) is 29.8 Å². The van der Waals surface area contributed by atoms with Gasteiger partial charge in [0.05, 0.1) is 0 Å². The van der Waals surface area contributed by atoms with Crippen molar-refractivity contribution >= 4 is 11.8 Å². The first-order valence-electron chi connectivity index (χ1n) is 7.82. The third-order valence-corrected chi connectivity index (χ3v) is 3.87. The summed E-state index contributed by atoms with van der Waals surface area (Å²) in [6, 6.07) is 11.1. The van der Waals surface area contributed by atoms with E-state index in [0.717, 1.165) is 25.1 Å². The van der Waals surface area contributed by atoms with Crippen molar-refractivity contribution in [2.75, 3.05) is 19.6 Å². The molecular weight excluding hydrogens is 294 g/mol. The minimum absolute atomic E-state index is 0.163. The smallest absolute Gasteiger partial charge is 0.289 e. The first-order chi connectivity index (χ1) is 11.2. The van der Waals surface area contributed by atoms with Crippen LogP contribution in [0.25, 0.3) is 11.3 Å². The van der Waals surface area contributed by atoms with Crippen molar-refractivity contribution in [3.8, 4) is 11.3 Å². The molecule has 120 valence electrons. The topological polar surface area (TPSA) is 75.4 Å². The van der Waals surface area contributed by atoms with E-state index in [1.54, 1.807) is 6.07 Å². The Hall–Kier alpha value is -2.63. The van der Waals surface area contributed by atoms with Gasteiger partial charge in [0.1, 0.15) is 5.69 Å². The van der Waals surface area contributed by atoms with E-state index in [9.17, 15) is 9.59 Å². The zero-order chi connectivity index (χ0) is 16.1. The van der Waals surface area contributed by atoms with E-state index in [4.69, 9.17) is 4.52 Å². The number of likely N-dealkylation sites (tertiary alicyclic amines) is 1. The first kappa shape index (κ1) is 15.3. The van der Waals surface area contributed by atoms with Crippen molar-refractivity contribution in [3.05, 3.63) is 42.2 Å². The summed E-state index contributed by atoms with van der Waals surface area (Å²) in [4.78, 5) is 25.5. The molecule has 1 saturated heterocycles. The molecule has 0 radical (unpaired) electrons. The molecule has 0 unspecified atom stereocenters. The van der Waals surface area contributed by atoms with E-state index < -0.39 is 0 Å².